The third kappa shape index (κ3) is 3.09. The highest BCUT2D eigenvalue weighted by Crippen LogP contribution is 2.23. The summed E-state index contributed by atoms with van der Waals surface area (Å²) in [7, 11) is 0. The number of halogens is 1. The molecule has 0 bridgehead atoms. The number of aryl methyl sites for hydroxylation is 1. The lowest BCUT2D eigenvalue weighted by Crippen LogP contribution is -2.17. The van der Waals surface area contributed by atoms with Crippen molar-refractivity contribution >= 4 is 22.8 Å². The minimum Gasteiger partial charge on any atom is -0.327 e. The third-order valence-electron chi connectivity index (χ3n) is 3.15. The van der Waals surface area contributed by atoms with E-state index >= 15 is 0 Å². The smallest absolute Gasteiger partial charge is 0.126 e. The van der Waals surface area contributed by atoms with Crippen molar-refractivity contribution in [1.29, 1.82) is 0 Å². The van der Waals surface area contributed by atoms with Crippen molar-refractivity contribution in [3.8, 4) is 0 Å². The van der Waals surface area contributed by atoms with Crippen LogP contribution in [0.5, 0.6) is 0 Å². The molecule has 1 unspecified atom stereocenters. The summed E-state index contributed by atoms with van der Waals surface area (Å²) in [5.74, 6) is 1.62. The highest BCUT2D eigenvalue weighted by Gasteiger charge is 2.16. The number of aromatic nitrogens is 2. The molecule has 2 N–H and O–H groups in total. The molecule has 19 heavy (non-hydrogen) atoms. The van der Waals surface area contributed by atoms with Crippen LogP contribution in [0.4, 0.5) is 4.39 Å². The van der Waals surface area contributed by atoms with Crippen LogP contribution in [0.15, 0.2) is 18.2 Å². The Morgan fingerprint density at radius 1 is 1.47 bits per heavy atom. The standard InChI is InChI=1S/C14H20FN3S/c1-3-7-18-13-5-4-10(15)9-12(13)17-14(18)11(16)6-8-19-2/h4-5,9,11H,3,6-8,16H2,1-2H3. The molecule has 0 spiro atoms. The van der Waals surface area contributed by atoms with Crippen LogP contribution in [0.1, 0.15) is 31.6 Å². The number of rotatable bonds is 6. The van der Waals surface area contributed by atoms with Crippen LogP contribution in [-0.2, 0) is 6.54 Å². The largest absolute Gasteiger partial charge is 0.327 e. The molecule has 0 radical (unpaired) electrons. The highest BCUT2D eigenvalue weighted by atomic mass is 32.2. The number of fused-ring (bicyclic) bond motifs is 1. The van der Waals surface area contributed by atoms with E-state index in [2.05, 4.69) is 22.7 Å². The molecule has 0 aliphatic carbocycles. The van der Waals surface area contributed by atoms with Crippen LogP contribution >= 0.6 is 11.8 Å². The quantitative estimate of drug-likeness (QED) is 0.883. The fraction of sp³-hybridized carbons (Fsp3) is 0.500. The first kappa shape index (κ1) is 14.3. The van der Waals surface area contributed by atoms with Gasteiger partial charge in [0.05, 0.1) is 17.1 Å². The summed E-state index contributed by atoms with van der Waals surface area (Å²) in [6.07, 6.45) is 3.96. The van der Waals surface area contributed by atoms with Gasteiger partial charge in [0.15, 0.2) is 0 Å². The number of benzene rings is 1. The molecular formula is C14H20FN3S. The van der Waals surface area contributed by atoms with Crippen LogP contribution in [0.25, 0.3) is 11.0 Å². The van der Waals surface area contributed by atoms with E-state index in [9.17, 15) is 4.39 Å². The highest BCUT2D eigenvalue weighted by molar-refractivity contribution is 7.98. The fourth-order valence-corrected chi connectivity index (χ4v) is 2.73. The molecule has 0 fully saturated rings. The molecule has 0 amide bonds. The number of hydrogen-bond donors (Lipinski definition) is 1. The lowest BCUT2D eigenvalue weighted by Gasteiger charge is -2.13. The molecule has 2 rings (SSSR count). The Balaban J connectivity index is 2.43. The zero-order chi connectivity index (χ0) is 13.8. The van der Waals surface area contributed by atoms with E-state index in [-0.39, 0.29) is 11.9 Å². The summed E-state index contributed by atoms with van der Waals surface area (Å²) in [4.78, 5) is 4.53. The second-order valence-corrected chi connectivity index (χ2v) is 5.63. The lowest BCUT2D eigenvalue weighted by atomic mass is 10.2. The average Bonchev–Trinajstić information content (AvgIpc) is 2.74. The van der Waals surface area contributed by atoms with Crippen LogP contribution in [0.2, 0.25) is 0 Å². The minimum atomic E-state index is -0.252. The molecule has 2 aromatic rings. The molecule has 5 heteroatoms. The molecular weight excluding hydrogens is 261 g/mol. The number of nitrogens with two attached hydrogens (primary N) is 1. The Morgan fingerprint density at radius 3 is 2.95 bits per heavy atom. The van der Waals surface area contributed by atoms with E-state index in [1.807, 2.05) is 0 Å². The molecule has 3 nitrogen and oxygen atoms in total. The van der Waals surface area contributed by atoms with Gasteiger partial charge in [-0.15, -0.1) is 0 Å². The molecule has 0 aliphatic rings. The number of nitrogens with zero attached hydrogens (tertiary/aromatic N) is 2. The first-order valence-electron chi connectivity index (χ1n) is 6.57. The van der Waals surface area contributed by atoms with E-state index in [1.54, 1.807) is 17.8 Å². The Bertz CT molecular complexity index is 553. The Kier molecular flexibility index (Phi) is 4.82. The van der Waals surface area contributed by atoms with Gasteiger partial charge in [-0.3, -0.25) is 0 Å². The molecule has 1 atom stereocenters. The molecule has 1 aromatic heterocycles. The van der Waals surface area contributed by atoms with Crippen LogP contribution in [0.3, 0.4) is 0 Å². The summed E-state index contributed by atoms with van der Waals surface area (Å²) in [6.45, 7) is 2.98. The summed E-state index contributed by atoms with van der Waals surface area (Å²) >= 11 is 1.78. The van der Waals surface area contributed by atoms with Gasteiger partial charge in [0.25, 0.3) is 0 Å². The number of imidazole rings is 1. The average molecular weight is 281 g/mol. The third-order valence-corrected chi connectivity index (χ3v) is 3.80. The van der Waals surface area contributed by atoms with Gasteiger partial charge in [0, 0.05) is 12.6 Å². The van der Waals surface area contributed by atoms with Crippen LogP contribution in [-0.4, -0.2) is 21.6 Å². The van der Waals surface area contributed by atoms with Crippen molar-refractivity contribution in [2.75, 3.05) is 12.0 Å². The van der Waals surface area contributed by atoms with Gasteiger partial charge < -0.3 is 10.3 Å². The van der Waals surface area contributed by atoms with Crippen LogP contribution in [0, 0.1) is 5.82 Å². The van der Waals surface area contributed by atoms with Gasteiger partial charge in [-0.05, 0) is 37.0 Å². The second-order valence-electron chi connectivity index (χ2n) is 4.64. The number of hydrogen-bond acceptors (Lipinski definition) is 3. The molecule has 104 valence electrons. The maximum atomic E-state index is 13.3. The summed E-state index contributed by atoms with van der Waals surface area (Å²) in [5.41, 5.74) is 7.89. The van der Waals surface area contributed by atoms with E-state index in [0.717, 1.165) is 36.5 Å². The van der Waals surface area contributed by atoms with Gasteiger partial charge in [-0.2, -0.15) is 11.8 Å². The predicted molar refractivity (Wildman–Crippen MR) is 79.9 cm³/mol. The zero-order valence-corrected chi connectivity index (χ0v) is 12.2. The normalized spacial score (nSPS) is 13.1. The van der Waals surface area contributed by atoms with Gasteiger partial charge >= 0.3 is 0 Å². The minimum absolute atomic E-state index is 0.0885. The SMILES string of the molecule is CCCn1c(C(N)CCSC)nc2cc(F)ccc21. The zero-order valence-electron chi connectivity index (χ0n) is 11.4. The van der Waals surface area contributed by atoms with Gasteiger partial charge in [0.1, 0.15) is 11.6 Å². The van der Waals surface area contributed by atoms with Gasteiger partial charge in [-0.1, -0.05) is 6.92 Å². The molecule has 0 aliphatic heterocycles. The van der Waals surface area contributed by atoms with E-state index < -0.39 is 0 Å². The Morgan fingerprint density at radius 2 is 2.26 bits per heavy atom. The van der Waals surface area contributed by atoms with E-state index in [4.69, 9.17) is 5.73 Å². The van der Waals surface area contributed by atoms with Crippen molar-refractivity contribution < 1.29 is 4.39 Å². The first-order valence-corrected chi connectivity index (χ1v) is 7.97. The molecule has 0 saturated heterocycles. The Labute approximate surface area is 117 Å². The van der Waals surface area contributed by atoms with Crippen molar-refractivity contribution in [2.45, 2.75) is 32.4 Å². The summed E-state index contributed by atoms with van der Waals surface area (Å²) < 4.78 is 15.4. The van der Waals surface area contributed by atoms with Gasteiger partial charge in [0.2, 0.25) is 0 Å². The molecule has 1 heterocycles. The second kappa shape index (κ2) is 6.39. The van der Waals surface area contributed by atoms with Crippen molar-refractivity contribution in [2.24, 2.45) is 5.73 Å². The van der Waals surface area contributed by atoms with Crippen molar-refractivity contribution in [3.63, 3.8) is 0 Å². The van der Waals surface area contributed by atoms with Gasteiger partial charge in [-0.25, -0.2) is 9.37 Å². The first-order chi connectivity index (χ1) is 9.17. The van der Waals surface area contributed by atoms with Crippen LogP contribution < -0.4 is 5.73 Å². The van der Waals surface area contributed by atoms with Crippen molar-refractivity contribution in [3.05, 3.63) is 29.8 Å². The fourth-order valence-electron chi connectivity index (χ4n) is 2.24. The summed E-state index contributed by atoms with van der Waals surface area (Å²) in [6, 6.07) is 4.66. The van der Waals surface area contributed by atoms with E-state index in [1.165, 1.54) is 12.1 Å². The number of thioether (sulfide) groups is 1. The maximum absolute atomic E-state index is 13.3. The topological polar surface area (TPSA) is 43.8 Å². The molecule has 1 aromatic carbocycles. The Hall–Kier alpha value is -1.07. The molecule has 0 saturated carbocycles. The van der Waals surface area contributed by atoms with Crippen molar-refractivity contribution in [1.82, 2.24) is 9.55 Å². The predicted octanol–water partition coefficient (Wildman–Crippen LogP) is 3.34. The summed E-state index contributed by atoms with van der Waals surface area (Å²) in [5, 5.41) is 0. The lowest BCUT2D eigenvalue weighted by molar-refractivity contribution is 0.578. The van der Waals surface area contributed by atoms with E-state index in [0.29, 0.717) is 5.52 Å². The monoisotopic (exact) mass is 281 g/mol. The maximum Gasteiger partial charge on any atom is 0.126 e.